The highest BCUT2D eigenvalue weighted by atomic mass is 16.5. The van der Waals surface area contributed by atoms with E-state index in [9.17, 15) is 9.59 Å². The lowest BCUT2D eigenvalue weighted by Crippen LogP contribution is -2.34. The number of carbonyl (C=O) groups excluding carboxylic acids is 1. The van der Waals surface area contributed by atoms with E-state index in [4.69, 9.17) is 9.84 Å². The third-order valence-corrected chi connectivity index (χ3v) is 8.05. The molecular weight excluding hydrogens is 522 g/mol. The van der Waals surface area contributed by atoms with Crippen molar-refractivity contribution >= 4 is 28.7 Å². The molecule has 5 nitrogen and oxygen atoms in total. The average molecular weight is 562 g/mol. The number of carboxylic acid groups (broad SMARTS) is 1. The highest BCUT2D eigenvalue weighted by Gasteiger charge is 2.37. The van der Waals surface area contributed by atoms with Crippen LogP contribution in [0.2, 0.25) is 0 Å². The quantitative estimate of drug-likeness (QED) is 0.151. The normalized spacial score (nSPS) is 13.3. The molecule has 0 spiro atoms. The summed E-state index contributed by atoms with van der Waals surface area (Å²) in [5.41, 5.74) is 3.10. The molecule has 2 N–H and O–H groups in total. The highest BCUT2D eigenvalue weighted by molar-refractivity contribution is 6.01. The van der Waals surface area contributed by atoms with Crippen molar-refractivity contribution in [2.24, 2.45) is 0 Å². The molecule has 4 aromatic rings. The van der Waals surface area contributed by atoms with E-state index < -0.39 is 11.6 Å². The number of rotatable bonds is 14. The smallest absolute Gasteiger partial charge is 0.303 e. The molecule has 1 aliphatic heterocycles. The number of ether oxygens (including phenoxy) is 1. The lowest BCUT2D eigenvalue weighted by atomic mass is 9.83. The van der Waals surface area contributed by atoms with Gasteiger partial charge in [0.15, 0.2) is 5.60 Å². The van der Waals surface area contributed by atoms with Crippen LogP contribution in [0.1, 0.15) is 84.8 Å². The fourth-order valence-corrected chi connectivity index (χ4v) is 5.76. The van der Waals surface area contributed by atoms with Crippen molar-refractivity contribution in [2.75, 3.05) is 6.54 Å². The minimum Gasteiger partial charge on any atom is -0.481 e. The van der Waals surface area contributed by atoms with Crippen LogP contribution in [-0.4, -0.2) is 23.5 Å². The van der Waals surface area contributed by atoms with E-state index in [0.29, 0.717) is 12.1 Å². The predicted octanol–water partition coefficient (Wildman–Crippen LogP) is 8.51. The molecular formula is C37H39NO4. The zero-order valence-corrected chi connectivity index (χ0v) is 24.1. The number of aliphatic carboxylic acids is 1. The van der Waals surface area contributed by atoms with E-state index in [1.165, 1.54) is 0 Å². The van der Waals surface area contributed by atoms with Crippen molar-refractivity contribution in [3.05, 3.63) is 119 Å². The minimum atomic E-state index is -0.717. The van der Waals surface area contributed by atoms with Gasteiger partial charge in [0.2, 0.25) is 0 Å². The topological polar surface area (TPSA) is 75.6 Å². The van der Waals surface area contributed by atoms with Crippen LogP contribution in [0.15, 0.2) is 97.1 Å². The maximum Gasteiger partial charge on any atom is 0.303 e. The van der Waals surface area contributed by atoms with Gasteiger partial charge in [-0.3, -0.25) is 9.59 Å². The van der Waals surface area contributed by atoms with Crippen molar-refractivity contribution in [3.8, 4) is 5.75 Å². The summed E-state index contributed by atoms with van der Waals surface area (Å²) in [6.45, 7) is 0.664. The molecule has 4 aromatic carbocycles. The zero-order chi connectivity index (χ0) is 29.2. The van der Waals surface area contributed by atoms with Gasteiger partial charge in [-0.2, -0.15) is 0 Å². The number of carboxylic acids is 1. The van der Waals surface area contributed by atoms with Crippen LogP contribution in [-0.2, 0) is 10.4 Å². The second kappa shape index (κ2) is 14.0. The Bertz CT molecular complexity index is 1490. The highest BCUT2D eigenvalue weighted by Crippen LogP contribution is 2.44. The van der Waals surface area contributed by atoms with Crippen molar-refractivity contribution in [2.45, 2.75) is 63.4 Å². The standard InChI is InChI=1S/C37H39NO4/c39-35(40)19-13-5-3-1-2-4-6-14-26-38-36(41)29-20-22-32-28(27-29)21-23-34-33(32)24-25-37(42-34,30-15-9-7-10-16-30)31-17-11-8-12-18-31/h7-12,15-18,20-25,27H,1-6,13-14,19,26H2,(H,38,41)(H,39,40). The summed E-state index contributed by atoms with van der Waals surface area (Å²) in [6, 6.07) is 30.5. The summed E-state index contributed by atoms with van der Waals surface area (Å²) in [7, 11) is 0. The van der Waals surface area contributed by atoms with E-state index in [2.05, 4.69) is 41.7 Å². The third kappa shape index (κ3) is 6.91. The number of nitrogens with one attached hydrogen (secondary N) is 1. The van der Waals surface area contributed by atoms with E-state index in [1.807, 2.05) is 66.7 Å². The Kier molecular flexibility index (Phi) is 9.70. The zero-order valence-electron chi connectivity index (χ0n) is 24.1. The maximum absolute atomic E-state index is 12.9. The fraction of sp³-hybridized carbons (Fsp3) is 0.297. The van der Waals surface area contributed by atoms with Crippen molar-refractivity contribution < 1.29 is 19.4 Å². The van der Waals surface area contributed by atoms with Gasteiger partial charge in [0.25, 0.3) is 5.91 Å². The van der Waals surface area contributed by atoms with Gasteiger partial charge >= 0.3 is 5.97 Å². The second-order valence-electron chi connectivity index (χ2n) is 11.0. The molecule has 1 aliphatic rings. The molecule has 0 radical (unpaired) electrons. The Morgan fingerprint density at radius 3 is 1.98 bits per heavy atom. The van der Waals surface area contributed by atoms with Gasteiger partial charge in [-0.1, -0.05) is 111 Å². The number of amides is 1. The number of benzene rings is 4. The van der Waals surface area contributed by atoms with E-state index in [0.717, 1.165) is 84.6 Å². The molecule has 1 amide bonds. The van der Waals surface area contributed by atoms with Crippen LogP contribution in [0.4, 0.5) is 0 Å². The Balaban J connectivity index is 1.18. The minimum absolute atomic E-state index is 0.0491. The first-order chi connectivity index (χ1) is 20.6. The number of hydrogen-bond donors (Lipinski definition) is 2. The number of carbonyl (C=O) groups is 2. The van der Waals surface area contributed by atoms with Crippen LogP contribution >= 0.6 is 0 Å². The molecule has 0 fully saturated rings. The second-order valence-corrected chi connectivity index (χ2v) is 11.0. The van der Waals surface area contributed by atoms with Gasteiger partial charge in [-0.15, -0.1) is 0 Å². The molecule has 0 saturated heterocycles. The van der Waals surface area contributed by atoms with Crippen molar-refractivity contribution in [3.63, 3.8) is 0 Å². The molecule has 0 bridgehead atoms. The molecule has 0 unspecified atom stereocenters. The Morgan fingerprint density at radius 1 is 0.714 bits per heavy atom. The Hall–Kier alpha value is -4.38. The lowest BCUT2D eigenvalue weighted by molar-refractivity contribution is -0.137. The van der Waals surface area contributed by atoms with Gasteiger partial charge < -0.3 is 15.2 Å². The van der Waals surface area contributed by atoms with Gasteiger partial charge in [-0.25, -0.2) is 0 Å². The summed E-state index contributed by atoms with van der Waals surface area (Å²) in [5, 5.41) is 13.8. The Labute approximate surface area is 248 Å². The molecule has 42 heavy (non-hydrogen) atoms. The maximum atomic E-state index is 12.9. The molecule has 5 heteroatoms. The average Bonchev–Trinajstić information content (AvgIpc) is 3.03. The van der Waals surface area contributed by atoms with Gasteiger partial charge in [-0.05, 0) is 54.0 Å². The first kappa shape index (κ1) is 29.1. The number of hydrogen-bond acceptors (Lipinski definition) is 3. The van der Waals surface area contributed by atoms with Gasteiger partial charge in [0.1, 0.15) is 5.75 Å². The molecule has 0 atom stereocenters. The van der Waals surface area contributed by atoms with Gasteiger partial charge in [0, 0.05) is 35.2 Å². The van der Waals surface area contributed by atoms with E-state index in [1.54, 1.807) is 0 Å². The molecule has 0 aromatic heterocycles. The molecule has 0 aliphatic carbocycles. The van der Waals surface area contributed by atoms with Crippen LogP contribution in [0.5, 0.6) is 5.75 Å². The number of unbranched alkanes of at least 4 members (excludes halogenated alkanes) is 7. The van der Waals surface area contributed by atoms with E-state index in [-0.39, 0.29) is 12.3 Å². The van der Waals surface area contributed by atoms with Crippen molar-refractivity contribution in [1.29, 1.82) is 0 Å². The Morgan fingerprint density at radius 2 is 1.33 bits per heavy atom. The SMILES string of the molecule is O=C(O)CCCCCCCCCCNC(=O)c1ccc2c3c(ccc2c1)OC(c1ccccc1)(c1ccccc1)C=C3. The third-order valence-electron chi connectivity index (χ3n) is 8.05. The summed E-state index contributed by atoms with van der Waals surface area (Å²) >= 11 is 0. The fourth-order valence-electron chi connectivity index (χ4n) is 5.76. The molecule has 5 rings (SSSR count). The van der Waals surface area contributed by atoms with Crippen molar-refractivity contribution in [1.82, 2.24) is 5.32 Å². The largest absolute Gasteiger partial charge is 0.481 e. The summed E-state index contributed by atoms with van der Waals surface area (Å²) in [5.74, 6) is 0.0582. The summed E-state index contributed by atoms with van der Waals surface area (Å²) < 4.78 is 6.82. The first-order valence-electron chi connectivity index (χ1n) is 15.1. The van der Waals surface area contributed by atoms with Crippen LogP contribution in [0.3, 0.4) is 0 Å². The molecule has 216 valence electrons. The molecule has 0 saturated carbocycles. The molecule has 1 heterocycles. The first-order valence-corrected chi connectivity index (χ1v) is 15.1. The van der Waals surface area contributed by atoms with Gasteiger partial charge in [0.05, 0.1) is 0 Å². The van der Waals surface area contributed by atoms with E-state index >= 15 is 0 Å². The van der Waals surface area contributed by atoms with Crippen LogP contribution in [0.25, 0.3) is 16.8 Å². The summed E-state index contributed by atoms with van der Waals surface area (Å²) in [6.07, 6.45) is 12.9. The van der Waals surface area contributed by atoms with Crippen LogP contribution in [0, 0.1) is 0 Å². The monoisotopic (exact) mass is 561 g/mol. The number of fused-ring (bicyclic) bond motifs is 3. The lowest BCUT2D eigenvalue weighted by Gasteiger charge is -2.36. The van der Waals surface area contributed by atoms with Crippen LogP contribution < -0.4 is 10.1 Å². The predicted molar refractivity (Wildman–Crippen MR) is 169 cm³/mol. The summed E-state index contributed by atoms with van der Waals surface area (Å²) in [4.78, 5) is 23.4.